The lowest BCUT2D eigenvalue weighted by Gasteiger charge is -2.07. The van der Waals surface area contributed by atoms with E-state index < -0.39 is 22.8 Å². The van der Waals surface area contributed by atoms with Crippen LogP contribution in [0.5, 0.6) is 11.5 Å². The zero-order valence-electron chi connectivity index (χ0n) is 12.3. The minimum atomic E-state index is -0.846. The second-order valence-electron chi connectivity index (χ2n) is 5.12. The third kappa shape index (κ3) is 2.63. The van der Waals surface area contributed by atoms with Crippen LogP contribution in [-0.2, 0) is 0 Å². The van der Waals surface area contributed by atoms with E-state index in [-0.39, 0.29) is 10.8 Å². The molecule has 124 valence electrons. The Morgan fingerprint density at radius 3 is 1.56 bits per heavy atom. The number of nitrogens with one attached hydrogen (secondary N) is 2. The van der Waals surface area contributed by atoms with Gasteiger partial charge in [0.2, 0.25) is 0 Å². The molecule has 0 aliphatic rings. The molecule has 9 nitrogen and oxygen atoms in total. The van der Waals surface area contributed by atoms with E-state index >= 15 is 0 Å². The lowest BCUT2D eigenvalue weighted by Crippen LogP contribution is -2.14. The van der Waals surface area contributed by atoms with Gasteiger partial charge in [-0.1, -0.05) is 0 Å². The number of hydrogen-bond donors (Lipinski definition) is 2. The minimum absolute atomic E-state index is 0.140. The van der Waals surface area contributed by atoms with Crippen molar-refractivity contribution in [1.82, 2.24) is 9.97 Å². The van der Waals surface area contributed by atoms with Gasteiger partial charge >= 0.3 is 22.8 Å². The fourth-order valence-corrected chi connectivity index (χ4v) is 2.41. The van der Waals surface area contributed by atoms with E-state index in [1.54, 1.807) is 0 Å². The Balaban J connectivity index is 1.80. The predicted octanol–water partition coefficient (Wildman–Crippen LogP) is 1.07. The highest BCUT2D eigenvalue weighted by Gasteiger charge is 2.08. The van der Waals surface area contributed by atoms with E-state index in [2.05, 4.69) is 18.8 Å². The average Bonchev–Trinajstić information content (AvgIpc) is 2.56. The molecule has 0 saturated heterocycles. The molecule has 0 fully saturated rings. The van der Waals surface area contributed by atoms with Gasteiger partial charge in [0.25, 0.3) is 0 Å². The summed E-state index contributed by atoms with van der Waals surface area (Å²) in [5.41, 5.74) is -0.961. The van der Waals surface area contributed by atoms with E-state index in [1.165, 1.54) is 36.4 Å². The molecule has 2 heterocycles. The van der Waals surface area contributed by atoms with Crippen molar-refractivity contribution in [3.8, 4) is 11.5 Å². The quantitative estimate of drug-likeness (QED) is 0.557. The van der Waals surface area contributed by atoms with Gasteiger partial charge in [-0.2, -0.15) is 0 Å². The van der Waals surface area contributed by atoms with Gasteiger partial charge in [-0.15, -0.1) is 0 Å². The number of rotatable bonds is 2. The minimum Gasteiger partial charge on any atom is -0.457 e. The van der Waals surface area contributed by atoms with Crippen molar-refractivity contribution in [3.63, 3.8) is 0 Å². The summed E-state index contributed by atoms with van der Waals surface area (Å²) in [4.78, 5) is 50.5. The maximum Gasteiger partial charge on any atom is 0.419 e. The molecule has 0 amide bonds. The van der Waals surface area contributed by atoms with Crippen LogP contribution in [-0.4, -0.2) is 9.97 Å². The number of aromatic amines is 2. The van der Waals surface area contributed by atoms with Gasteiger partial charge in [-0.05, 0) is 36.4 Å². The number of hydrogen-bond acceptors (Lipinski definition) is 7. The van der Waals surface area contributed by atoms with Crippen molar-refractivity contribution >= 4 is 21.8 Å². The van der Waals surface area contributed by atoms with Gasteiger partial charge < -0.3 is 13.6 Å². The highest BCUT2D eigenvalue weighted by Crippen LogP contribution is 2.25. The molecule has 0 unspecified atom stereocenters. The number of fused-ring (bicyclic) bond motifs is 2. The van der Waals surface area contributed by atoms with Crippen molar-refractivity contribution in [2.45, 2.75) is 0 Å². The highest BCUT2D eigenvalue weighted by atomic mass is 16.5. The summed E-state index contributed by atoms with van der Waals surface area (Å²) in [5, 5.41) is 0.281. The van der Waals surface area contributed by atoms with Crippen molar-refractivity contribution in [2.24, 2.45) is 0 Å². The lowest BCUT2D eigenvalue weighted by atomic mass is 10.2. The molecular weight excluding hydrogens is 332 g/mol. The molecule has 0 aliphatic heterocycles. The molecule has 4 rings (SSSR count). The van der Waals surface area contributed by atoms with E-state index in [9.17, 15) is 19.2 Å². The number of ether oxygens (including phenoxy) is 1. The zero-order valence-corrected chi connectivity index (χ0v) is 12.3. The van der Waals surface area contributed by atoms with E-state index in [4.69, 9.17) is 4.74 Å². The first-order chi connectivity index (χ1) is 12.0. The van der Waals surface area contributed by atoms with Crippen LogP contribution in [0.4, 0.5) is 0 Å². The van der Waals surface area contributed by atoms with Gasteiger partial charge in [-0.25, -0.2) is 19.2 Å². The van der Waals surface area contributed by atoms with Crippen LogP contribution in [0, 0.1) is 0 Å². The summed E-state index contributed by atoms with van der Waals surface area (Å²) in [6, 6.07) is 8.87. The van der Waals surface area contributed by atoms with Gasteiger partial charge in [0.15, 0.2) is 0 Å². The zero-order chi connectivity index (χ0) is 17.6. The molecule has 0 bridgehead atoms. The molecule has 0 aliphatic carbocycles. The Labute approximate surface area is 136 Å². The molecule has 0 atom stereocenters. The summed E-state index contributed by atoms with van der Waals surface area (Å²) in [6.45, 7) is 0. The fraction of sp³-hybridized carbons (Fsp3) is 0. The molecule has 2 N–H and O–H groups in total. The standard InChI is InChI=1S/C16H8N2O7/c19-13-9-5-7(1-3-11(9)17-15(21)24-13)23-8-2-4-12-10(6-8)14(20)25-16(22)18-12/h1-6H,(H,17,21)(H,18,22). The van der Waals surface area contributed by atoms with Crippen molar-refractivity contribution in [2.75, 3.05) is 0 Å². The van der Waals surface area contributed by atoms with Crippen molar-refractivity contribution in [1.29, 1.82) is 0 Å². The van der Waals surface area contributed by atoms with E-state index in [0.717, 1.165) is 0 Å². The maximum absolute atomic E-state index is 11.7. The van der Waals surface area contributed by atoms with Crippen molar-refractivity contribution in [3.05, 3.63) is 78.3 Å². The molecule has 9 heteroatoms. The van der Waals surface area contributed by atoms with E-state index in [0.29, 0.717) is 22.5 Å². The third-order valence-electron chi connectivity index (χ3n) is 3.50. The number of aromatic nitrogens is 2. The molecular formula is C16H8N2O7. The Kier molecular flexibility index (Phi) is 3.14. The van der Waals surface area contributed by atoms with Crippen LogP contribution in [0.3, 0.4) is 0 Å². The monoisotopic (exact) mass is 340 g/mol. The largest absolute Gasteiger partial charge is 0.457 e. The van der Waals surface area contributed by atoms with Crippen LogP contribution < -0.4 is 27.5 Å². The van der Waals surface area contributed by atoms with Crippen molar-refractivity contribution < 1.29 is 13.6 Å². The normalized spacial score (nSPS) is 11.0. The van der Waals surface area contributed by atoms with Gasteiger partial charge in [0, 0.05) is 0 Å². The topological polar surface area (TPSA) is 135 Å². The summed E-state index contributed by atoms with van der Waals surface area (Å²) >= 11 is 0. The summed E-state index contributed by atoms with van der Waals surface area (Å²) in [5.74, 6) is -1.11. The molecule has 0 spiro atoms. The number of H-pyrrole nitrogens is 2. The number of benzene rings is 2. The van der Waals surface area contributed by atoms with E-state index in [1.807, 2.05) is 0 Å². The van der Waals surface area contributed by atoms with Crippen LogP contribution in [0.1, 0.15) is 0 Å². The second-order valence-corrected chi connectivity index (χ2v) is 5.12. The van der Waals surface area contributed by atoms with Crippen LogP contribution in [0.15, 0.2) is 64.4 Å². The Morgan fingerprint density at radius 2 is 1.12 bits per heavy atom. The summed E-state index contributed by atoms with van der Waals surface area (Å²) in [7, 11) is 0. The lowest BCUT2D eigenvalue weighted by molar-refractivity contribution is 0.456. The first-order valence-corrected chi connectivity index (χ1v) is 7.02. The van der Waals surface area contributed by atoms with Crippen LogP contribution >= 0.6 is 0 Å². The molecule has 2 aromatic carbocycles. The van der Waals surface area contributed by atoms with Gasteiger partial charge in [0.05, 0.1) is 21.8 Å². The molecule has 0 saturated carbocycles. The first-order valence-electron chi connectivity index (χ1n) is 7.02. The van der Waals surface area contributed by atoms with Crippen LogP contribution in [0.2, 0.25) is 0 Å². The summed E-state index contributed by atoms with van der Waals surface area (Å²) in [6.07, 6.45) is 0. The van der Waals surface area contributed by atoms with Gasteiger partial charge in [0.1, 0.15) is 11.5 Å². The second kappa shape index (κ2) is 5.34. The Hall–Kier alpha value is -3.88. The molecule has 4 aromatic rings. The highest BCUT2D eigenvalue weighted by molar-refractivity contribution is 5.80. The summed E-state index contributed by atoms with van der Waals surface area (Å²) < 4.78 is 14.6. The molecule has 0 radical (unpaired) electrons. The third-order valence-corrected chi connectivity index (χ3v) is 3.50. The van der Waals surface area contributed by atoms with Crippen LogP contribution in [0.25, 0.3) is 21.8 Å². The SMILES string of the molecule is O=c1[nH]c2ccc(Oc3ccc4[nH]c(=O)oc(=O)c4c3)cc2c(=O)o1. The fourth-order valence-electron chi connectivity index (χ4n) is 2.41. The average molecular weight is 340 g/mol. The first kappa shape index (κ1) is 14.7. The molecule has 25 heavy (non-hydrogen) atoms. The predicted molar refractivity (Wildman–Crippen MR) is 86.3 cm³/mol. The maximum atomic E-state index is 11.7. The Bertz CT molecular complexity index is 1250. The van der Waals surface area contributed by atoms with Gasteiger partial charge in [-0.3, -0.25) is 9.97 Å². The Morgan fingerprint density at radius 1 is 0.680 bits per heavy atom. The smallest absolute Gasteiger partial charge is 0.419 e. The molecule has 2 aromatic heterocycles.